The Hall–Kier alpha value is -1.63. The smallest absolute Gasteiger partial charge is 0.400 e. The van der Waals surface area contributed by atoms with Crippen molar-refractivity contribution in [3.8, 4) is 0 Å². The minimum absolute atomic E-state index is 0.0635. The zero-order valence-electron chi connectivity index (χ0n) is 15.3. The van der Waals surface area contributed by atoms with Gasteiger partial charge in [-0.25, -0.2) is 0 Å². The first-order valence-corrected chi connectivity index (χ1v) is 8.06. The van der Waals surface area contributed by atoms with E-state index in [4.69, 9.17) is 9.31 Å². The molecule has 24 heavy (non-hydrogen) atoms. The summed E-state index contributed by atoms with van der Waals surface area (Å²) in [5, 5.41) is 9.75. The van der Waals surface area contributed by atoms with E-state index in [2.05, 4.69) is 0 Å². The van der Waals surface area contributed by atoms with Gasteiger partial charge in [0, 0.05) is 19.7 Å². The van der Waals surface area contributed by atoms with E-state index >= 15 is 0 Å². The van der Waals surface area contributed by atoms with Gasteiger partial charge >= 0.3 is 7.12 Å². The van der Waals surface area contributed by atoms with E-state index in [1.54, 1.807) is 26.2 Å². The van der Waals surface area contributed by atoms with Gasteiger partial charge in [-0.15, -0.1) is 0 Å². The van der Waals surface area contributed by atoms with Crippen molar-refractivity contribution in [2.45, 2.75) is 38.9 Å². The molecule has 1 aliphatic rings. The van der Waals surface area contributed by atoms with Gasteiger partial charge in [0.05, 0.1) is 17.8 Å². The number of benzene rings is 1. The van der Waals surface area contributed by atoms with Crippen molar-refractivity contribution in [3.63, 3.8) is 0 Å². The Morgan fingerprint density at radius 2 is 1.79 bits per heavy atom. The average Bonchev–Trinajstić information content (AvgIpc) is 2.72. The summed E-state index contributed by atoms with van der Waals surface area (Å²) in [7, 11) is 2.83. The SMILES string of the molecule is CN(C)C(=O)c1cccc(C=C(CO)B2OC(C)(C)C(C)(C)O2)c1. The quantitative estimate of drug-likeness (QED) is 0.861. The lowest BCUT2D eigenvalue weighted by atomic mass is 9.77. The number of hydrogen-bond acceptors (Lipinski definition) is 4. The molecule has 0 radical (unpaired) electrons. The van der Waals surface area contributed by atoms with Crippen LogP contribution in [0, 0.1) is 0 Å². The Morgan fingerprint density at radius 1 is 1.21 bits per heavy atom. The van der Waals surface area contributed by atoms with Crippen LogP contribution in [0.1, 0.15) is 43.6 Å². The lowest BCUT2D eigenvalue weighted by Crippen LogP contribution is -2.41. The van der Waals surface area contributed by atoms with Crippen molar-refractivity contribution >= 4 is 19.1 Å². The second-order valence-electron chi connectivity index (χ2n) is 7.29. The fourth-order valence-corrected chi connectivity index (χ4v) is 2.42. The first kappa shape index (κ1) is 18.7. The molecule has 0 unspecified atom stereocenters. The molecule has 0 bridgehead atoms. The highest BCUT2D eigenvalue weighted by Crippen LogP contribution is 2.38. The van der Waals surface area contributed by atoms with Crippen molar-refractivity contribution in [1.29, 1.82) is 0 Å². The van der Waals surface area contributed by atoms with Crippen LogP contribution in [0.2, 0.25) is 0 Å². The summed E-state index contributed by atoms with van der Waals surface area (Å²) >= 11 is 0. The van der Waals surface area contributed by atoms with Gasteiger partial charge in [0.25, 0.3) is 5.91 Å². The minimum Gasteiger partial charge on any atom is -0.400 e. The predicted octanol–water partition coefficient (Wildman–Crippen LogP) is 2.40. The number of nitrogens with zero attached hydrogens (tertiary/aromatic N) is 1. The van der Waals surface area contributed by atoms with E-state index in [-0.39, 0.29) is 12.5 Å². The number of carbonyl (C=O) groups excluding carboxylic acids is 1. The molecule has 5 nitrogen and oxygen atoms in total. The normalized spacial score (nSPS) is 19.5. The molecule has 0 aliphatic carbocycles. The van der Waals surface area contributed by atoms with Gasteiger partial charge in [0.15, 0.2) is 0 Å². The van der Waals surface area contributed by atoms with Crippen molar-refractivity contribution in [2.24, 2.45) is 0 Å². The maximum atomic E-state index is 12.1. The Labute approximate surface area is 144 Å². The molecule has 1 aromatic carbocycles. The number of carbonyl (C=O) groups is 1. The summed E-state index contributed by atoms with van der Waals surface area (Å²) < 4.78 is 12.0. The summed E-state index contributed by atoms with van der Waals surface area (Å²) in [5.41, 5.74) is 1.12. The van der Waals surface area contributed by atoms with Crippen LogP contribution in [0.4, 0.5) is 0 Å². The van der Waals surface area contributed by atoms with E-state index in [1.165, 1.54) is 4.90 Å². The van der Waals surface area contributed by atoms with Crippen LogP contribution in [0.5, 0.6) is 0 Å². The third-order valence-corrected chi connectivity index (χ3v) is 4.63. The summed E-state index contributed by atoms with van der Waals surface area (Å²) in [6.07, 6.45) is 1.81. The van der Waals surface area contributed by atoms with Crippen LogP contribution < -0.4 is 0 Å². The first-order valence-electron chi connectivity index (χ1n) is 8.06. The molecule has 1 heterocycles. The van der Waals surface area contributed by atoms with Crippen LogP contribution in [-0.2, 0) is 9.31 Å². The Bertz CT molecular complexity index is 636. The second-order valence-corrected chi connectivity index (χ2v) is 7.29. The van der Waals surface area contributed by atoms with Crippen molar-refractivity contribution < 1.29 is 19.2 Å². The first-order chi connectivity index (χ1) is 11.1. The van der Waals surface area contributed by atoms with Crippen LogP contribution in [0.3, 0.4) is 0 Å². The number of aliphatic hydroxyl groups excluding tert-OH is 1. The molecule has 6 heteroatoms. The zero-order valence-corrected chi connectivity index (χ0v) is 15.3. The van der Waals surface area contributed by atoms with Gasteiger partial charge in [-0.05, 0) is 50.9 Å². The summed E-state index contributed by atoms with van der Waals surface area (Å²) in [5.74, 6) is -0.0635. The van der Waals surface area contributed by atoms with E-state index in [9.17, 15) is 9.90 Å². The maximum absolute atomic E-state index is 12.1. The molecule has 1 N–H and O–H groups in total. The lowest BCUT2D eigenvalue weighted by molar-refractivity contribution is 0.00578. The molecule has 0 atom stereocenters. The van der Waals surface area contributed by atoms with Gasteiger partial charge in [-0.2, -0.15) is 0 Å². The van der Waals surface area contributed by atoms with E-state index in [1.807, 2.05) is 45.9 Å². The Balaban J connectivity index is 2.29. The summed E-state index contributed by atoms with van der Waals surface area (Å²) in [6, 6.07) is 7.27. The lowest BCUT2D eigenvalue weighted by Gasteiger charge is -2.32. The molecule has 0 aromatic heterocycles. The van der Waals surface area contributed by atoms with Crippen LogP contribution in [0.25, 0.3) is 6.08 Å². The molecule has 1 fully saturated rings. The fourth-order valence-electron chi connectivity index (χ4n) is 2.42. The molecule has 1 amide bonds. The van der Waals surface area contributed by atoms with Crippen LogP contribution in [-0.4, -0.2) is 54.9 Å². The molecule has 1 saturated heterocycles. The summed E-state index contributed by atoms with van der Waals surface area (Å²) in [4.78, 5) is 13.6. The van der Waals surface area contributed by atoms with E-state index in [0.29, 0.717) is 11.0 Å². The highest BCUT2D eigenvalue weighted by molar-refractivity contribution is 6.55. The molecule has 1 aliphatic heterocycles. The van der Waals surface area contributed by atoms with Gasteiger partial charge in [-0.1, -0.05) is 18.2 Å². The molecular weight excluding hydrogens is 305 g/mol. The van der Waals surface area contributed by atoms with Crippen LogP contribution >= 0.6 is 0 Å². The molecule has 0 spiro atoms. The Morgan fingerprint density at radius 3 is 2.29 bits per heavy atom. The third kappa shape index (κ3) is 3.71. The largest absolute Gasteiger partial charge is 0.492 e. The highest BCUT2D eigenvalue weighted by atomic mass is 16.7. The highest BCUT2D eigenvalue weighted by Gasteiger charge is 2.52. The van der Waals surface area contributed by atoms with Gasteiger partial charge in [0.1, 0.15) is 0 Å². The number of aliphatic hydroxyl groups is 1. The van der Waals surface area contributed by atoms with Gasteiger partial charge in [0.2, 0.25) is 0 Å². The third-order valence-electron chi connectivity index (χ3n) is 4.63. The van der Waals surface area contributed by atoms with Gasteiger partial charge < -0.3 is 19.3 Å². The standard InChI is InChI=1S/C18H26BNO4/c1-17(2)18(3,4)24-19(23-17)15(12-21)11-13-8-7-9-14(10-13)16(22)20(5)6/h7-11,21H,12H2,1-6H3. The molecule has 1 aromatic rings. The van der Waals surface area contributed by atoms with Crippen molar-refractivity contribution in [1.82, 2.24) is 4.90 Å². The number of rotatable bonds is 4. The van der Waals surface area contributed by atoms with E-state index < -0.39 is 18.3 Å². The maximum Gasteiger partial charge on any atom is 0.492 e. The van der Waals surface area contributed by atoms with E-state index in [0.717, 1.165) is 5.56 Å². The molecular formula is C18H26BNO4. The van der Waals surface area contributed by atoms with Crippen molar-refractivity contribution in [2.75, 3.05) is 20.7 Å². The molecule has 130 valence electrons. The molecule has 2 rings (SSSR count). The fraction of sp³-hybridized carbons (Fsp3) is 0.500. The van der Waals surface area contributed by atoms with Crippen LogP contribution in [0.15, 0.2) is 29.7 Å². The topological polar surface area (TPSA) is 59.0 Å². The van der Waals surface area contributed by atoms with Crippen molar-refractivity contribution in [3.05, 3.63) is 40.9 Å². The minimum atomic E-state index is -0.604. The summed E-state index contributed by atoms with van der Waals surface area (Å²) in [6.45, 7) is 7.70. The number of amides is 1. The molecule has 0 saturated carbocycles. The Kier molecular flexibility index (Phi) is 5.23. The second kappa shape index (κ2) is 6.71. The number of hydrogen-bond donors (Lipinski definition) is 1. The monoisotopic (exact) mass is 331 g/mol. The zero-order chi connectivity index (χ0) is 18.1. The van der Waals surface area contributed by atoms with Gasteiger partial charge in [-0.3, -0.25) is 4.79 Å². The average molecular weight is 331 g/mol. The predicted molar refractivity (Wildman–Crippen MR) is 95.6 cm³/mol.